The molecule has 0 bridgehead atoms. The quantitative estimate of drug-likeness (QED) is 0.623. The zero-order valence-electron chi connectivity index (χ0n) is 14.2. The summed E-state index contributed by atoms with van der Waals surface area (Å²) in [5.74, 6) is 1.73. The van der Waals surface area contributed by atoms with Gasteiger partial charge in [-0.05, 0) is 53.2 Å². The third-order valence-corrected chi connectivity index (χ3v) is 6.43. The second-order valence-electron chi connectivity index (χ2n) is 7.48. The van der Waals surface area contributed by atoms with Crippen LogP contribution in [0.1, 0.15) is 32.1 Å². The maximum atomic E-state index is 12.5. The molecule has 1 aliphatic carbocycles. The summed E-state index contributed by atoms with van der Waals surface area (Å²) in [4.78, 5) is 30.7. The average molecular weight is 408 g/mol. The van der Waals surface area contributed by atoms with Crippen LogP contribution in [0.2, 0.25) is 0 Å². The SMILES string of the molecule is O=C(C[NH+]1CC[C@@H]2CCCC[C@@H]2C1)Nc1cc2[nH]c(=O)[nH]c2cc1Br. The largest absolute Gasteiger partial charge is 0.327 e. The van der Waals surface area contributed by atoms with Gasteiger partial charge in [0.1, 0.15) is 0 Å². The average Bonchev–Trinajstić information content (AvgIpc) is 2.94. The summed E-state index contributed by atoms with van der Waals surface area (Å²) in [5, 5.41) is 2.99. The molecule has 2 fully saturated rings. The summed E-state index contributed by atoms with van der Waals surface area (Å²) in [6, 6.07) is 3.60. The first-order valence-electron chi connectivity index (χ1n) is 9.13. The molecule has 1 saturated heterocycles. The Kier molecular flexibility index (Phi) is 4.69. The van der Waals surface area contributed by atoms with Gasteiger partial charge in [-0.15, -0.1) is 0 Å². The van der Waals surface area contributed by atoms with Crippen LogP contribution in [-0.4, -0.2) is 35.5 Å². The molecule has 2 aliphatic rings. The molecule has 1 aromatic carbocycles. The Morgan fingerprint density at radius 1 is 1.16 bits per heavy atom. The molecule has 6 nitrogen and oxygen atoms in total. The van der Waals surface area contributed by atoms with Gasteiger partial charge in [0.15, 0.2) is 6.54 Å². The molecule has 2 heterocycles. The van der Waals surface area contributed by atoms with Crippen LogP contribution in [0, 0.1) is 11.8 Å². The Labute approximate surface area is 154 Å². The molecule has 1 saturated carbocycles. The van der Waals surface area contributed by atoms with Gasteiger partial charge in [-0.2, -0.15) is 0 Å². The number of hydrogen-bond acceptors (Lipinski definition) is 2. The summed E-state index contributed by atoms with van der Waals surface area (Å²) in [6.07, 6.45) is 6.70. The van der Waals surface area contributed by atoms with E-state index in [9.17, 15) is 9.59 Å². The molecule has 1 aliphatic heterocycles. The number of benzene rings is 1. The first-order chi connectivity index (χ1) is 12.1. The number of H-pyrrole nitrogens is 2. The Morgan fingerprint density at radius 2 is 1.88 bits per heavy atom. The van der Waals surface area contributed by atoms with Gasteiger partial charge in [0.25, 0.3) is 5.91 Å². The highest BCUT2D eigenvalue weighted by Gasteiger charge is 2.34. The number of rotatable bonds is 3. The molecule has 1 aromatic heterocycles. The van der Waals surface area contributed by atoms with E-state index >= 15 is 0 Å². The van der Waals surface area contributed by atoms with Crippen LogP contribution in [0.15, 0.2) is 21.4 Å². The van der Waals surface area contributed by atoms with Crippen molar-refractivity contribution in [3.05, 3.63) is 27.1 Å². The lowest BCUT2D eigenvalue weighted by atomic mass is 9.75. The number of nitrogens with one attached hydrogen (secondary N) is 4. The number of amides is 1. The Balaban J connectivity index is 1.40. The second kappa shape index (κ2) is 6.96. The Bertz CT molecular complexity index is 843. The zero-order chi connectivity index (χ0) is 17.4. The monoisotopic (exact) mass is 407 g/mol. The summed E-state index contributed by atoms with van der Waals surface area (Å²) in [6.45, 7) is 2.74. The van der Waals surface area contributed by atoms with Crippen LogP contribution >= 0.6 is 15.9 Å². The molecule has 25 heavy (non-hydrogen) atoms. The minimum Gasteiger partial charge on any atom is -0.327 e. The van der Waals surface area contributed by atoms with Crippen molar-refractivity contribution in [1.82, 2.24) is 9.97 Å². The Hall–Kier alpha value is -1.60. The number of piperidine rings is 1. The van der Waals surface area contributed by atoms with Gasteiger partial charge in [-0.1, -0.05) is 12.8 Å². The van der Waals surface area contributed by atoms with E-state index in [-0.39, 0.29) is 11.6 Å². The summed E-state index contributed by atoms with van der Waals surface area (Å²) in [5.41, 5.74) is 1.86. The van der Waals surface area contributed by atoms with Gasteiger partial charge in [0.05, 0.1) is 29.8 Å². The third kappa shape index (κ3) is 3.67. The van der Waals surface area contributed by atoms with E-state index in [0.717, 1.165) is 34.9 Å². The van der Waals surface area contributed by atoms with Gasteiger partial charge in [0.2, 0.25) is 0 Å². The van der Waals surface area contributed by atoms with Gasteiger partial charge in [-0.25, -0.2) is 4.79 Å². The van der Waals surface area contributed by atoms with Crippen molar-refractivity contribution in [3.8, 4) is 0 Å². The zero-order valence-corrected chi connectivity index (χ0v) is 15.7. The predicted molar refractivity (Wildman–Crippen MR) is 101 cm³/mol. The van der Waals surface area contributed by atoms with Gasteiger partial charge < -0.3 is 20.2 Å². The highest BCUT2D eigenvalue weighted by molar-refractivity contribution is 9.10. The van der Waals surface area contributed by atoms with E-state index in [1.165, 1.54) is 37.0 Å². The first-order valence-corrected chi connectivity index (χ1v) is 9.93. The summed E-state index contributed by atoms with van der Waals surface area (Å²) < 4.78 is 0.768. The lowest BCUT2D eigenvalue weighted by molar-refractivity contribution is -0.902. The fourth-order valence-corrected chi connectivity index (χ4v) is 4.97. The van der Waals surface area contributed by atoms with Crippen LogP contribution < -0.4 is 15.9 Å². The van der Waals surface area contributed by atoms with Crippen molar-refractivity contribution in [1.29, 1.82) is 0 Å². The first kappa shape index (κ1) is 16.8. The number of carbonyl (C=O) groups excluding carboxylic acids is 1. The number of likely N-dealkylation sites (tertiary alicyclic amines) is 1. The van der Waals surface area contributed by atoms with Crippen LogP contribution in [0.4, 0.5) is 5.69 Å². The maximum Gasteiger partial charge on any atom is 0.323 e. The number of anilines is 1. The third-order valence-electron chi connectivity index (χ3n) is 5.77. The van der Waals surface area contributed by atoms with Crippen LogP contribution in [-0.2, 0) is 4.79 Å². The number of aromatic nitrogens is 2. The highest BCUT2D eigenvalue weighted by atomic mass is 79.9. The normalized spacial score (nSPS) is 26.4. The smallest absolute Gasteiger partial charge is 0.323 e. The number of quaternary nitrogens is 1. The summed E-state index contributed by atoms with van der Waals surface area (Å²) in [7, 11) is 0. The minimum atomic E-state index is -0.245. The van der Waals surface area contributed by atoms with E-state index in [4.69, 9.17) is 0 Å². The van der Waals surface area contributed by atoms with E-state index in [2.05, 4.69) is 31.2 Å². The van der Waals surface area contributed by atoms with Crippen molar-refractivity contribution in [2.24, 2.45) is 11.8 Å². The lowest BCUT2D eigenvalue weighted by Gasteiger charge is -2.38. The van der Waals surface area contributed by atoms with Gasteiger partial charge in [0, 0.05) is 10.4 Å². The lowest BCUT2D eigenvalue weighted by Crippen LogP contribution is -3.15. The molecule has 1 amide bonds. The number of hydrogen-bond donors (Lipinski definition) is 4. The number of fused-ring (bicyclic) bond motifs is 2. The number of imidazole rings is 1. The minimum absolute atomic E-state index is 0.0298. The van der Waals surface area contributed by atoms with Crippen LogP contribution in [0.5, 0.6) is 0 Å². The van der Waals surface area contributed by atoms with Crippen molar-refractivity contribution < 1.29 is 9.69 Å². The highest BCUT2D eigenvalue weighted by Crippen LogP contribution is 2.32. The molecule has 3 atom stereocenters. The number of aromatic amines is 2. The fourth-order valence-electron chi connectivity index (χ4n) is 4.53. The second-order valence-corrected chi connectivity index (χ2v) is 8.33. The molecule has 0 radical (unpaired) electrons. The molecule has 4 N–H and O–H groups in total. The molecular weight excluding hydrogens is 384 g/mol. The van der Waals surface area contributed by atoms with Crippen molar-refractivity contribution in [3.63, 3.8) is 0 Å². The van der Waals surface area contributed by atoms with Gasteiger partial charge in [-0.3, -0.25) is 4.79 Å². The van der Waals surface area contributed by atoms with Crippen molar-refractivity contribution >= 4 is 38.6 Å². The van der Waals surface area contributed by atoms with E-state index < -0.39 is 0 Å². The molecule has 134 valence electrons. The maximum absolute atomic E-state index is 12.5. The molecule has 7 heteroatoms. The Morgan fingerprint density at radius 3 is 2.68 bits per heavy atom. The van der Waals surface area contributed by atoms with E-state index in [1.54, 1.807) is 6.07 Å². The van der Waals surface area contributed by atoms with Crippen LogP contribution in [0.25, 0.3) is 11.0 Å². The molecule has 0 spiro atoms. The van der Waals surface area contributed by atoms with Crippen molar-refractivity contribution in [2.75, 3.05) is 25.0 Å². The molecule has 2 aromatic rings. The van der Waals surface area contributed by atoms with E-state index in [1.807, 2.05) is 6.07 Å². The molecule has 1 unspecified atom stereocenters. The fraction of sp³-hybridized carbons (Fsp3) is 0.556. The molecule has 4 rings (SSSR count). The predicted octanol–water partition coefficient (Wildman–Crippen LogP) is 1.65. The number of carbonyl (C=O) groups is 1. The van der Waals surface area contributed by atoms with E-state index in [0.29, 0.717) is 17.7 Å². The summed E-state index contributed by atoms with van der Waals surface area (Å²) >= 11 is 3.47. The molecular formula is C18H24BrN4O2+. The standard InChI is InChI=1S/C18H23BrN4O2/c19-13-7-15-16(22-18(25)21-15)8-14(13)20-17(24)10-23-6-5-11-3-1-2-4-12(11)9-23/h7-8,11-12H,1-6,9-10H2,(H,20,24)(H2,21,22,25)/p+1/t11-,12+/m0/s1. The van der Waals surface area contributed by atoms with Gasteiger partial charge >= 0.3 is 5.69 Å². The number of halogens is 1. The topological polar surface area (TPSA) is 82.2 Å². The van der Waals surface area contributed by atoms with Crippen molar-refractivity contribution in [2.45, 2.75) is 32.1 Å². The van der Waals surface area contributed by atoms with Crippen LogP contribution in [0.3, 0.4) is 0 Å².